The van der Waals surface area contributed by atoms with Gasteiger partial charge >= 0.3 is 6.09 Å². The summed E-state index contributed by atoms with van der Waals surface area (Å²) in [4.78, 5) is 15.0. The van der Waals surface area contributed by atoms with Crippen molar-refractivity contribution in [1.29, 1.82) is 0 Å². The van der Waals surface area contributed by atoms with E-state index in [1.165, 1.54) is 5.56 Å². The van der Waals surface area contributed by atoms with E-state index < -0.39 is 26.9 Å². The fourth-order valence-electron chi connectivity index (χ4n) is 5.23. The summed E-state index contributed by atoms with van der Waals surface area (Å²) in [5.41, 5.74) is 6.45. The van der Waals surface area contributed by atoms with Gasteiger partial charge in [0.2, 0.25) is 0 Å². The molecular weight excluding hydrogens is 474 g/mol. The van der Waals surface area contributed by atoms with Crippen molar-refractivity contribution in [3.8, 4) is 0 Å². The van der Waals surface area contributed by atoms with Crippen molar-refractivity contribution in [2.45, 2.75) is 114 Å². The average molecular weight is 522 g/mol. The molecule has 0 radical (unpaired) electrons. The second-order valence-corrected chi connectivity index (χ2v) is 14.3. The number of nitrogens with zero attached hydrogens (tertiary/aromatic N) is 1. The molecule has 1 heterocycles. The summed E-state index contributed by atoms with van der Waals surface area (Å²) >= 11 is 0. The van der Waals surface area contributed by atoms with E-state index in [9.17, 15) is 9.00 Å². The average Bonchev–Trinajstić information content (AvgIpc) is 2.82. The number of nitrogens with two attached hydrogens (primary N) is 1. The Balaban J connectivity index is 1.75. The highest BCUT2D eigenvalue weighted by Gasteiger charge is 2.49. The van der Waals surface area contributed by atoms with E-state index in [4.69, 9.17) is 15.2 Å². The number of carbonyl (C=O) groups is 1. The van der Waals surface area contributed by atoms with Crippen LogP contribution in [0.2, 0.25) is 0 Å². The Bertz CT molecular complexity index is 875. The summed E-state index contributed by atoms with van der Waals surface area (Å²) in [6, 6.07) is 10.3. The molecule has 204 valence electrons. The summed E-state index contributed by atoms with van der Waals surface area (Å²) in [5, 5.41) is 0. The van der Waals surface area contributed by atoms with E-state index in [1.54, 1.807) is 4.90 Å². The number of likely N-dealkylation sites (tertiary alicyclic amines) is 1. The number of hydrogen-bond acceptors (Lipinski definition) is 5. The molecule has 0 bridgehead atoms. The Labute approximate surface area is 220 Å². The minimum absolute atomic E-state index is 0.135. The molecule has 1 amide bonds. The minimum Gasteiger partial charge on any atom is -0.444 e. The lowest BCUT2D eigenvalue weighted by atomic mass is 9.81. The molecular formula is C28H47N3O4S. The Morgan fingerprint density at radius 1 is 1.11 bits per heavy atom. The molecule has 1 unspecified atom stereocenters. The number of nitrogens with one attached hydrogen (secondary N) is 1. The lowest BCUT2D eigenvalue weighted by molar-refractivity contribution is -0.0549. The molecule has 8 heteroatoms. The zero-order valence-corrected chi connectivity index (χ0v) is 23.9. The highest BCUT2D eigenvalue weighted by atomic mass is 32.2. The first kappa shape index (κ1) is 29.1. The first-order chi connectivity index (χ1) is 16.8. The third-order valence-corrected chi connectivity index (χ3v) is 9.02. The molecule has 1 saturated heterocycles. The number of hydrogen-bond donors (Lipinski definition) is 2. The van der Waals surface area contributed by atoms with Crippen LogP contribution in [0.5, 0.6) is 0 Å². The Kier molecular flexibility index (Phi) is 9.63. The van der Waals surface area contributed by atoms with Crippen LogP contribution in [0.4, 0.5) is 4.79 Å². The van der Waals surface area contributed by atoms with E-state index in [1.807, 2.05) is 41.5 Å². The Morgan fingerprint density at radius 2 is 1.75 bits per heavy atom. The van der Waals surface area contributed by atoms with E-state index in [0.717, 1.165) is 38.5 Å². The molecule has 1 aromatic carbocycles. The van der Waals surface area contributed by atoms with E-state index in [2.05, 4.69) is 35.1 Å². The summed E-state index contributed by atoms with van der Waals surface area (Å²) in [7, 11) is -1.34. The molecule has 2 fully saturated rings. The summed E-state index contributed by atoms with van der Waals surface area (Å²) < 4.78 is 28.3. The van der Waals surface area contributed by atoms with Crippen LogP contribution >= 0.6 is 0 Å². The number of amides is 1. The van der Waals surface area contributed by atoms with Gasteiger partial charge in [-0.3, -0.25) is 0 Å². The topological polar surface area (TPSA) is 93.9 Å². The van der Waals surface area contributed by atoms with Gasteiger partial charge in [0, 0.05) is 13.1 Å². The zero-order chi connectivity index (χ0) is 26.6. The van der Waals surface area contributed by atoms with Gasteiger partial charge in [0.25, 0.3) is 0 Å². The van der Waals surface area contributed by atoms with Crippen molar-refractivity contribution in [2.24, 2.45) is 5.73 Å². The van der Waals surface area contributed by atoms with E-state index >= 15 is 0 Å². The molecule has 7 nitrogen and oxygen atoms in total. The molecule has 3 rings (SSSR count). The summed E-state index contributed by atoms with van der Waals surface area (Å²) in [6.45, 7) is 12.6. The van der Waals surface area contributed by atoms with Crippen molar-refractivity contribution in [3.63, 3.8) is 0 Å². The van der Waals surface area contributed by atoms with Crippen molar-refractivity contribution < 1.29 is 18.5 Å². The Hall–Kier alpha value is -1.48. The largest absolute Gasteiger partial charge is 0.444 e. The normalized spacial score (nSPS) is 28.5. The van der Waals surface area contributed by atoms with Crippen LogP contribution in [-0.2, 0) is 20.5 Å². The van der Waals surface area contributed by atoms with E-state index in [0.29, 0.717) is 19.1 Å². The summed E-state index contributed by atoms with van der Waals surface area (Å²) in [6.07, 6.45) is 5.38. The molecule has 3 atom stereocenters. The lowest BCUT2D eigenvalue weighted by Crippen LogP contribution is -2.71. The molecule has 36 heavy (non-hydrogen) atoms. The molecule has 1 saturated carbocycles. The van der Waals surface area contributed by atoms with Gasteiger partial charge in [-0.15, -0.1) is 0 Å². The predicted molar refractivity (Wildman–Crippen MR) is 146 cm³/mol. The van der Waals surface area contributed by atoms with Gasteiger partial charge < -0.3 is 20.1 Å². The third kappa shape index (κ3) is 7.53. The SMILES string of the molecule is CC(C)(C)OC(=O)N1CCC[C@](CN)(NS(=O)C(C)(C)C)[C@@H]1COC1CCC(c2ccccc2)CC1. The number of rotatable bonds is 7. The number of piperidine rings is 1. The van der Waals surface area contributed by atoms with E-state index in [-0.39, 0.29) is 24.8 Å². The molecule has 1 aliphatic heterocycles. The predicted octanol–water partition coefficient (Wildman–Crippen LogP) is 4.88. The van der Waals surface area contributed by atoms with Crippen LogP contribution < -0.4 is 10.5 Å². The van der Waals surface area contributed by atoms with Gasteiger partial charge in [0.15, 0.2) is 0 Å². The summed E-state index contributed by atoms with van der Waals surface area (Å²) in [5.74, 6) is 0.568. The van der Waals surface area contributed by atoms with Crippen LogP contribution in [0, 0.1) is 0 Å². The van der Waals surface area contributed by atoms with Crippen molar-refractivity contribution in [2.75, 3.05) is 19.7 Å². The maximum atomic E-state index is 13.3. The van der Waals surface area contributed by atoms with Crippen molar-refractivity contribution >= 4 is 17.1 Å². The highest BCUT2D eigenvalue weighted by Crippen LogP contribution is 2.36. The molecule has 3 N–H and O–H groups in total. The van der Waals surface area contributed by atoms with Crippen LogP contribution in [-0.4, -0.2) is 62.9 Å². The molecule has 0 spiro atoms. The van der Waals surface area contributed by atoms with Crippen LogP contribution in [0.25, 0.3) is 0 Å². The standard InChI is InChI=1S/C28H47N3O4S/c1-26(2,3)35-25(32)31-18-10-17-28(20-29,30-36(33)27(4,5)6)24(31)19-34-23-15-13-22(14-16-23)21-11-8-7-9-12-21/h7-9,11-12,22-24,30H,10,13-20,29H2,1-6H3/t22?,23?,24-,28+,36?/m0/s1. The fourth-order valence-corrected chi connectivity index (χ4v) is 6.22. The van der Waals surface area contributed by atoms with Crippen molar-refractivity contribution in [1.82, 2.24) is 9.62 Å². The molecule has 1 aromatic rings. The van der Waals surface area contributed by atoms with Crippen LogP contribution in [0.1, 0.15) is 91.5 Å². The van der Waals surface area contributed by atoms with Gasteiger partial charge in [0.05, 0.1) is 40.0 Å². The maximum Gasteiger partial charge on any atom is 0.410 e. The van der Waals surface area contributed by atoms with Gasteiger partial charge in [-0.25, -0.2) is 13.7 Å². The van der Waals surface area contributed by atoms with Gasteiger partial charge in [0.1, 0.15) is 5.60 Å². The first-order valence-electron chi connectivity index (χ1n) is 13.4. The molecule has 1 aliphatic carbocycles. The second kappa shape index (κ2) is 11.9. The number of carbonyl (C=O) groups excluding carboxylic acids is 1. The molecule has 0 aromatic heterocycles. The van der Waals surface area contributed by atoms with Gasteiger partial charge in [-0.2, -0.15) is 0 Å². The van der Waals surface area contributed by atoms with Crippen LogP contribution in [0.3, 0.4) is 0 Å². The van der Waals surface area contributed by atoms with Gasteiger partial charge in [-0.1, -0.05) is 30.3 Å². The Morgan fingerprint density at radius 3 is 2.31 bits per heavy atom. The number of benzene rings is 1. The second-order valence-electron chi connectivity index (χ2n) is 12.4. The third-order valence-electron chi connectivity index (χ3n) is 7.32. The van der Waals surface area contributed by atoms with Crippen LogP contribution in [0.15, 0.2) is 30.3 Å². The quantitative estimate of drug-likeness (QED) is 0.533. The van der Waals surface area contributed by atoms with Crippen molar-refractivity contribution in [3.05, 3.63) is 35.9 Å². The zero-order valence-electron chi connectivity index (χ0n) is 23.0. The first-order valence-corrected chi connectivity index (χ1v) is 14.6. The fraction of sp³-hybridized carbons (Fsp3) is 0.750. The monoisotopic (exact) mass is 521 g/mol. The number of ether oxygens (including phenoxy) is 2. The lowest BCUT2D eigenvalue weighted by Gasteiger charge is -2.50. The highest BCUT2D eigenvalue weighted by molar-refractivity contribution is 7.84. The maximum absolute atomic E-state index is 13.3. The van der Waals surface area contributed by atoms with Gasteiger partial charge in [-0.05, 0) is 91.5 Å². The smallest absolute Gasteiger partial charge is 0.410 e. The molecule has 2 aliphatic rings. The minimum atomic E-state index is -1.34.